The molecule has 18 heavy (non-hydrogen) atoms. The summed E-state index contributed by atoms with van der Waals surface area (Å²) in [5.74, 6) is 3.21. The Labute approximate surface area is 115 Å². The molecule has 0 aromatic heterocycles. The summed E-state index contributed by atoms with van der Waals surface area (Å²) < 4.78 is 0. The zero-order valence-corrected chi connectivity index (χ0v) is 13.7. The van der Waals surface area contributed by atoms with Crippen LogP contribution in [0.4, 0.5) is 0 Å². The maximum absolute atomic E-state index is 3.87. The molecule has 0 amide bonds. The summed E-state index contributed by atoms with van der Waals surface area (Å²) >= 11 is 0. The van der Waals surface area contributed by atoms with Crippen LogP contribution >= 0.6 is 0 Å². The predicted octanol–water partition coefficient (Wildman–Crippen LogP) is 4.72. The van der Waals surface area contributed by atoms with Crippen LogP contribution in [-0.2, 0) is 0 Å². The summed E-state index contributed by atoms with van der Waals surface area (Å²) in [5.41, 5.74) is 0.563. The molecule has 1 aliphatic rings. The highest BCUT2D eigenvalue weighted by Gasteiger charge is 2.32. The minimum absolute atomic E-state index is 0.563. The molecule has 0 radical (unpaired) electrons. The van der Waals surface area contributed by atoms with Crippen molar-refractivity contribution in [2.75, 3.05) is 6.54 Å². The van der Waals surface area contributed by atoms with Gasteiger partial charge in [0.2, 0.25) is 0 Å². The second-order valence-corrected chi connectivity index (χ2v) is 8.05. The van der Waals surface area contributed by atoms with Crippen molar-refractivity contribution in [3.05, 3.63) is 0 Å². The summed E-state index contributed by atoms with van der Waals surface area (Å²) in [4.78, 5) is 0. The van der Waals surface area contributed by atoms with Crippen molar-refractivity contribution in [2.45, 2.75) is 73.8 Å². The van der Waals surface area contributed by atoms with Gasteiger partial charge >= 0.3 is 0 Å². The standard InChI is InChI=1S/C17H35N/c1-12(2)15(13(3)4)11-18-16-8-9-17(6,7)10-14(16)5/h12-16,18H,8-11H2,1-7H3. The van der Waals surface area contributed by atoms with Crippen molar-refractivity contribution in [3.63, 3.8) is 0 Å². The van der Waals surface area contributed by atoms with E-state index in [2.05, 4.69) is 53.8 Å². The first-order valence-corrected chi connectivity index (χ1v) is 7.96. The van der Waals surface area contributed by atoms with Crippen LogP contribution in [0.1, 0.15) is 67.7 Å². The van der Waals surface area contributed by atoms with Crippen molar-refractivity contribution < 1.29 is 0 Å². The van der Waals surface area contributed by atoms with E-state index >= 15 is 0 Å². The van der Waals surface area contributed by atoms with E-state index in [4.69, 9.17) is 0 Å². The van der Waals surface area contributed by atoms with Crippen LogP contribution in [0.5, 0.6) is 0 Å². The maximum Gasteiger partial charge on any atom is 0.00932 e. The van der Waals surface area contributed by atoms with Crippen molar-refractivity contribution >= 4 is 0 Å². The molecule has 2 unspecified atom stereocenters. The molecule has 1 fully saturated rings. The molecule has 0 heterocycles. The van der Waals surface area contributed by atoms with Gasteiger partial charge in [-0.25, -0.2) is 0 Å². The van der Waals surface area contributed by atoms with Crippen molar-refractivity contribution in [1.82, 2.24) is 5.32 Å². The van der Waals surface area contributed by atoms with Gasteiger partial charge in [-0.3, -0.25) is 0 Å². The molecule has 1 N–H and O–H groups in total. The van der Waals surface area contributed by atoms with Gasteiger partial charge in [0.15, 0.2) is 0 Å². The summed E-state index contributed by atoms with van der Waals surface area (Å²) in [7, 11) is 0. The lowest BCUT2D eigenvalue weighted by Gasteiger charge is -2.40. The van der Waals surface area contributed by atoms with E-state index in [1.807, 2.05) is 0 Å². The first-order valence-electron chi connectivity index (χ1n) is 7.96. The highest BCUT2D eigenvalue weighted by Crippen LogP contribution is 2.38. The normalized spacial score (nSPS) is 28.3. The zero-order chi connectivity index (χ0) is 13.9. The Bertz CT molecular complexity index is 234. The summed E-state index contributed by atoms with van der Waals surface area (Å²) in [6.45, 7) is 17.9. The van der Waals surface area contributed by atoms with Crippen molar-refractivity contribution in [1.29, 1.82) is 0 Å². The third-order valence-corrected chi connectivity index (χ3v) is 5.02. The van der Waals surface area contributed by atoms with E-state index in [0.717, 1.165) is 29.7 Å². The fourth-order valence-electron chi connectivity index (χ4n) is 3.78. The van der Waals surface area contributed by atoms with E-state index in [1.54, 1.807) is 0 Å². The highest BCUT2D eigenvalue weighted by atomic mass is 14.9. The topological polar surface area (TPSA) is 12.0 Å². The molecular formula is C17H35N. The number of rotatable bonds is 5. The quantitative estimate of drug-likeness (QED) is 0.747. The van der Waals surface area contributed by atoms with E-state index in [0.29, 0.717) is 5.41 Å². The third kappa shape index (κ3) is 4.57. The maximum atomic E-state index is 3.87. The highest BCUT2D eigenvalue weighted by molar-refractivity contribution is 4.87. The largest absolute Gasteiger partial charge is 0.313 e. The third-order valence-electron chi connectivity index (χ3n) is 5.02. The van der Waals surface area contributed by atoms with E-state index in [9.17, 15) is 0 Å². The van der Waals surface area contributed by atoms with E-state index in [-0.39, 0.29) is 0 Å². The molecule has 108 valence electrons. The van der Waals surface area contributed by atoms with Gasteiger partial charge in [0.05, 0.1) is 0 Å². The molecule has 0 aliphatic heterocycles. The van der Waals surface area contributed by atoms with Crippen LogP contribution in [0.25, 0.3) is 0 Å². The minimum Gasteiger partial charge on any atom is -0.313 e. The van der Waals surface area contributed by atoms with Gasteiger partial charge in [-0.1, -0.05) is 48.5 Å². The molecule has 0 aromatic carbocycles. The molecule has 2 atom stereocenters. The molecule has 0 bridgehead atoms. The van der Waals surface area contributed by atoms with E-state index < -0.39 is 0 Å². The van der Waals surface area contributed by atoms with Crippen LogP contribution in [0.3, 0.4) is 0 Å². The van der Waals surface area contributed by atoms with Gasteiger partial charge in [0.1, 0.15) is 0 Å². The molecule has 0 saturated heterocycles. The van der Waals surface area contributed by atoms with Gasteiger partial charge in [-0.2, -0.15) is 0 Å². The fraction of sp³-hybridized carbons (Fsp3) is 1.00. The van der Waals surface area contributed by atoms with Crippen LogP contribution in [-0.4, -0.2) is 12.6 Å². The second-order valence-electron chi connectivity index (χ2n) is 8.05. The average molecular weight is 253 g/mol. The SMILES string of the molecule is CC(C)C(CNC1CCC(C)(C)CC1C)C(C)C. The molecule has 0 spiro atoms. The number of hydrogen-bond donors (Lipinski definition) is 1. The predicted molar refractivity (Wildman–Crippen MR) is 81.8 cm³/mol. The first-order chi connectivity index (χ1) is 8.23. The van der Waals surface area contributed by atoms with E-state index in [1.165, 1.54) is 25.8 Å². The molecule has 1 nitrogen and oxygen atoms in total. The van der Waals surface area contributed by atoms with Gasteiger partial charge in [-0.15, -0.1) is 0 Å². The zero-order valence-electron chi connectivity index (χ0n) is 13.7. The number of nitrogens with one attached hydrogen (secondary N) is 1. The van der Waals surface area contributed by atoms with Gasteiger partial charge in [0, 0.05) is 6.04 Å². The van der Waals surface area contributed by atoms with Crippen LogP contribution in [0.2, 0.25) is 0 Å². The Morgan fingerprint density at radius 3 is 2.11 bits per heavy atom. The molecule has 0 aromatic rings. The Balaban J connectivity index is 2.44. The first kappa shape index (κ1) is 16.0. The van der Waals surface area contributed by atoms with Gasteiger partial charge < -0.3 is 5.32 Å². The summed E-state index contributed by atoms with van der Waals surface area (Å²) in [6, 6.07) is 0.748. The summed E-state index contributed by atoms with van der Waals surface area (Å²) in [5, 5.41) is 3.87. The van der Waals surface area contributed by atoms with Gasteiger partial charge in [0.25, 0.3) is 0 Å². The van der Waals surface area contributed by atoms with Crippen LogP contribution in [0.15, 0.2) is 0 Å². The minimum atomic E-state index is 0.563. The Hall–Kier alpha value is -0.0400. The molecule has 1 heteroatoms. The smallest absolute Gasteiger partial charge is 0.00932 e. The molecule has 1 aliphatic carbocycles. The Kier molecular flexibility index (Phi) is 5.70. The summed E-state index contributed by atoms with van der Waals surface area (Å²) in [6.07, 6.45) is 4.11. The lowest BCUT2D eigenvalue weighted by atomic mass is 9.70. The van der Waals surface area contributed by atoms with Crippen molar-refractivity contribution in [3.8, 4) is 0 Å². The lowest BCUT2D eigenvalue weighted by molar-refractivity contribution is 0.139. The molecular weight excluding hydrogens is 218 g/mol. The molecule has 1 saturated carbocycles. The average Bonchev–Trinajstić information content (AvgIpc) is 2.19. The Morgan fingerprint density at radius 1 is 1.11 bits per heavy atom. The monoisotopic (exact) mass is 253 g/mol. The van der Waals surface area contributed by atoms with Crippen molar-refractivity contribution in [2.24, 2.45) is 29.1 Å². The number of hydrogen-bond acceptors (Lipinski definition) is 1. The molecule has 1 rings (SSSR count). The van der Waals surface area contributed by atoms with Crippen LogP contribution in [0, 0.1) is 29.1 Å². The van der Waals surface area contributed by atoms with Crippen LogP contribution < -0.4 is 5.32 Å². The lowest BCUT2D eigenvalue weighted by Crippen LogP contribution is -2.44. The second kappa shape index (κ2) is 6.41. The Morgan fingerprint density at radius 2 is 1.67 bits per heavy atom. The fourth-order valence-corrected chi connectivity index (χ4v) is 3.78. The van der Waals surface area contributed by atoms with Gasteiger partial charge in [-0.05, 0) is 54.9 Å².